The molecule has 0 amide bonds. The van der Waals surface area contributed by atoms with Crippen LogP contribution in [0.4, 0.5) is 0 Å². The van der Waals surface area contributed by atoms with E-state index in [4.69, 9.17) is 23.2 Å². The standard InChI is InChI=1S/C13H14Cl2N2/c1-9(2)13-16-6-7-17(13)8-10-4-3-5-11(14)12(10)15/h3-7,9H,8H2,1-2H3. The molecule has 0 unspecified atom stereocenters. The number of benzene rings is 1. The Morgan fingerprint density at radius 1 is 1.29 bits per heavy atom. The van der Waals surface area contributed by atoms with Crippen molar-refractivity contribution in [1.82, 2.24) is 9.55 Å². The van der Waals surface area contributed by atoms with E-state index in [1.807, 2.05) is 24.5 Å². The molecule has 1 heterocycles. The molecule has 0 fully saturated rings. The van der Waals surface area contributed by atoms with Crippen LogP contribution >= 0.6 is 23.2 Å². The van der Waals surface area contributed by atoms with Crippen molar-refractivity contribution in [2.45, 2.75) is 26.3 Å². The van der Waals surface area contributed by atoms with Crippen molar-refractivity contribution in [1.29, 1.82) is 0 Å². The number of hydrogen-bond acceptors (Lipinski definition) is 1. The molecular formula is C13H14Cl2N2. The van der Waals surface area contributed by atoms with E-state index in [0.717, 1.165) is 11.4 Å². The van der Waals surface area contributed by atoms with E-state index in [9.17, 15) is 0 Å². The van der Waals surface area contributed by atoms with Crippen molar-refractivity contribution >= 4 is 23.2 Å². The second-order valence-corrected chi connectivity index (χ2v) is 5.07. The Morgan fingerprint density at radius 2 is 2.06 bits per heavy atom. The van der Waals surface area contributed by atoms with Crippen LogP contribution in [0.3, 0.4) is 0 Å². The van der Waals surface area contributed by atoms with Crippen LogP contribution in [0.2, 0.25) is 10.0 Å². The van der Waals surface area contributed by atoms with Gasteiger partial charge in [-0.1, -0.05) is 49.2 Å². The van der Waals surface area contributed by atoms with Crippen molar-refractivity contribution in [3.8, 4) is 0 Å². The summed E-state index contributed by atoms with van der Waals surface area (Å²) in [6, 6.07) is 5.69. The SMILES string of the molecule is CC(C)c1nccn1Cc1cccc(Cl)c1Cl. The van der Waals surface area contributed by atoms with Crippen molar-refractivity contribution in [3.63, 3.8) is 0 Å². The predicted octanol–water partition coefficient (Wildman–Crippen LogP) is 4.36. The molecule has 90 valence electrons. The highest BCUT2D eigenvalue weighted by atomic mass is 35.5. The van der Waals surface area contributed by atoms with E-state index in [1.54, 1.807) is 6.07 Å². The summed E-state index contributed by atoms with van der Waals surface area (Å²) in [5.74, 6) is 1.45. The molecule has 0 atom stereocenters. The molecule has 0 saturated carbocycles. The van der Waals surface area contributed by atoms with Gasteiger partial charge in [0.15, 0.2) is 0 Å². The van der Waals surface area contributed by atoms with Crippen LogP contribution in [0.15, 0.2) is 30.6 Å². The van der Waals surface area contributed by atoms with E-state index < -0.39 is 0 Å². The zero-order valence-corrected chi connectivity index (χ0v) is 11.3. The molecule has 17 heavy (non-hydrogen) atoms. The lowest BCUT2D eigenvalue weighted by Gasteiger charge is -2.11. The second kappa shape index (κ2) is 5.11. The van der Waals surface area contributed by atoms with Crippen LogP contribution in [0.1, 0.15) is 31.2 Å². The lowest BCUT2D eigenvalue weighted by atomic mass is 10.2. The van der Waals surface area contributed by atoms with Crippen molar-refractivity contribution in [3.05, 3.63) is 52.0 Å². The Balaban J connectivity index is 2.32. The predicted molar refractivity (Wildman–Crippen MR) is 71.9 cm³/mol. The van der Waals surface area contributed by atoms with Gasteiger partial charge >= 0.3 is 0 Å². The molecule has 4 heteroatoms. The molecule has 2 nitrogen and oxygen atoms in total. The smallest absolute Gasteiger partial charge is 0.111 e. The summed E-state index contributed by atoms with van der Waals surface area (Å²) in [5.41, 5.74) is 1.01. The number of hydrogen-bond donors (Lipinski definition) is 0. The molecule has 0 N–H and O–H groups in total. The van der Waals surface area contributed by atoms with Crippen molar-refractivity contribution in [2.24, 2.45) is 0 Å². The first kappa shape index (κ1) is 12.5. The number of nitrogens with zero attached hydrogens (tertiary/aromatic N) is 2. The zero-order valence-electron chi connectivity index (χ0n) is 9.82. The van der Waals surface area contributed by atoms with E-state index in [1.165, 1.54) is 0 Å². The second-order valence-electron chi connectivity index (χ2n) is 4.28. The Morgan fingerprint density at radius 3 is 2.76 bits per heavy atom. The summed E-state index contributed by atoms with van der Waals surface area (Å²) in [7, 11) is 0. The molecule has 2 rings (SSSR count). The third-order valence-corrected chi connectivity index (χ3v) is 3.49. The first-order chi connectivity index (χ1) is 8.09. The van der Waals surface area contributed by atoms with E-state index in [0.29, 0.717) is 22.5 Å². The topological polar surface area (TPSA) is 17.8 Å². The molecule has 2 aromatic rings. The number of aromatic nitrogens is 2. The van der Waals surface area contributed by atoms with Gasteiger partial charge in [0.1, 0.15) is 5.82 Å². The Hall–Kier alpha value is -0.990. The van der Waals surface area contributed by atoms with Crippen LogP contribution in [-0.4, -0.2) is 9.55 Å². The zero-order chi connectivity index (χ0) is 12.4. The van der Waals surface area contributed by atoms with Crippen LogP contribution < -0.4 is 0 Å². The molecule has 0 spiro atoms. The maximum atomic E-state index is 6.18. The van der Waals surface area contributed by atoms with E-state index in [-0.39, 0.29) is 0 Å². The Bertz CT molecular complexity index is 518. The van der Waals surface area contributed by atoms with Gasteiger partial charge in [0, 0.05) is 18.3 Å². The van der Waals surface area contributed by atoms with Crippen LogP contribution in [0.25, 0.3) is 0 Å². The quantitative estimate of drug-likeness (QED) is 0.809. The molecule has 1 aromatic heterocycles. The fourth-order valence-electron chi connectivity index (χ4n) is 1.81. The highest BCUT2D eigenvalue weighted by Crippen LogP contribution is 2.26. The molecule has 0 saturated heterocycles. The molecule has 0 aliphatic heterocycles. The van der Waals surface area contributed by atoms with Crippen molar-refractivity contribution in [2.75, 3.05) is 0 Å². The molecule has 1 aromatic carbocycles. The monoisotopic (exact) mass is 268 g/mol. The Kier molecular flexibility index (Phi) is 3.75. The number of halogens is 2. The highest BCUT2D eigenvalue weighted by Gasteiger charge is 2.10. The molecular weight excluding hydrogens is 255 g/mol. The summed E-state index contributed by atoms with van der Waals surface area (Å²) in [5, 5.41) is 1.22. The average molecular weight is 269 g/mol. The maximum absolute atomic E-state index is 6.18. The number of imidazole rings is 1. The fraction of sp³-hybridized carbons (Fsp3) is 0.308. The van der Waals surface area contributed by atoms with Gasteiger partial charge < -0.3 is 4.57 Å². The summed E-state index contributed by atoms with van der Waals surface area (Å²) < 4.78 is 2.10. The van der Waals surface area contributed by atoms with Gasteiger partial charge in [-0.25, -0.2) is 4.98 Å². The largest absolute Gasteiger partial charge is 0.330 e. The van der Waals surface area contributed by atoms with Gasteiger partial charge in [-0.15, -0.1) is 0 Å². The molecule has 0 bridgehead atoms. The first-order valence-corrected chi connectivity index (χ1v) is 6.29. The van der Waals surface area contributed by atoms with Gasteiger partial charge in [0.2, 0.25) is 0 Å². The van der Waals surface area contributed by atoms with Gasteiger partial charge in [0.25, 0.3) is 0 Å². The molecule has 0 aliphatic rings. The minimum Gasteiger partial charge on any atom is -0.330 e. The summed E-state index contributed by atoms with van der Waals surface area (Å²) >= 11 is 12.2. The van der Waals surface area contributed by atoms with Gasteiger partial charge in [-0.2, -0.15) is 0 Å². The third kappa shape index (κ3) is 2.64. The highest BCUT2D eigenvalue weighted by molar-refractivity contribution is 6.42. The summed E-state index contributed by atoms with van der Waals surface area (Å²) in [6.07, 6.45) is 3.78. The number of rotatable bonds is 3. The lowest BCUT2D eigenvalue weighted by Crippen LogP contribution is -2.06. The molecule has 0 radical (unpaired) electrons. The van der Waals surface area contributed by atoms with Gasteiger partial charge in [0.05, 0.1) is 16.6 Å². The van der Waals surface area contributed by atoms with Crippen LogP contribution in [0.5, 0.6) is 0 Å². The fourth-order valence-corrected chi connectivity index (χ4v) is 2.19. The first-order valence-electron chi connectivity index (χ1n) is 5.53. The lowest BCUT2D eigenvalue weighted by molar-refractivity contribution is 0.670. The minimum absolute atomic E-state index is 0.392. The maximum Gasteiger partial charge on any atom is 0.111 e. The summed E-state index contributed by atoms with van der Waals surface area (Å²) in [6.45, 7) is 4.95. The van der Waals surface area contributed by atoms with Gasteiger partial charge in [-0.05, 0) is 11.6 Å². The van der Waals surface area contributed by atoms with E-state index in [2.05, 4.69) is 23.4 Å². The average Bonchev–Trinajstić information content (AvgIpc) is 2.73. The summed E-state index contributed by atoms with van der Waals surface area (Å²) in [4.78, 5) is 4.35. The van der Waals surface area contributed by atoms with Gasteiger partial charge in [-0.3, -0.25) is 0 Å². The Labute approximate surface area is 111 Å². The van der Waals surface area contributed by atoms with E-state index >= 15 is 0 Å². The molecule has 0 aliphatic carbocycles. The van der Waals surface area contributed by atoms with Crippen LogP contribution in [-0.2, 0) is 6.54 Å². The van der Waals surface area contributed by atoms with Crippen molar-refractivity contribution < 1.29 is 0 Å². The normalized spacial score (nSPS) is 11.1. The van der Waals surface area contributed by atoms with Crippen LogP contribution in [0, 0.1) is 0 Å². The minimum atomic E-state index is 0.392. The third-order valence-electron chi connectivity index (χ3n) is 2.64.